The number of carbonyl (C=O) groups excluding carboxylic acids is 2. The van der Waals surface area contributed by atoms with Crippen molar-refractivity contribution < 1.29 is 14.0 Å². The van der Waals surface area contributed by atoms with Gasteiger partial charge in [0, 0.05) is 32.2 Å². The molecule has 30 heavy (non-hydrogen) atoms. The number of furan rings is 1. The van der Waals surface area contributed by atoms with Crippen molar-refractivity contribution in [2.24, 2.45) is 0 Å². The molecule has 158 valence electrons. The highest BCUT2D eigenvalue weighted by molar-refractivity contribution is 7.80. The average molecular weight is 447 g/mol. The Hall–Kier alpha value is -2.68. The second-order valence-corrected chi connectivity index (χ2v) is 7.65. The molecular weight excluding hydrogens is 424 g/mol. The van der Waals surface area contributed by atoms with Gasteiger partial charge in [-0.05, 0) is 50.5 Å². The first-order valence-corrected chi connectivity index (χ1v) is 9.84. The van der Waals surface area contributed by atoms with Crippen molar-refractivity contribution in [2.75, 3.05) is 43.0 Å². The first kappa shape index (κ1) is 22.0. The van der Waals surface area contributed by atoms with Gasteiger partial charge in [-0.15, -0.1) is 12.4 Å². The first-order valence-electron chi connectivity index (χ1n) is 9.44. The second-order valence-electron chi connectivity index (χ2n) is 7.26. The van der Waals surface area contributed by atoms with E-state index in [2.05, 4.69) is 22.2 Å². The van der Waals surface area contributed by atoms with E-state index in [1.165, 1.54) is 11.0 Å². The average Bonchev–Trinajstić information content (AvgIpc) is 3.16. The molecule has 2 aliphatic heterocycles. The van der Waals surface area contributed by atoms with Gasteiger partial charge in [0.25, 0.3) is 11.8 Å². The lowest BCUT2D eigenvalue weighted by molar-refractivity contribution is -0.122. The Morgan fingerprint density at radius 2 is 1.70 bits per heavy atom. The maximum atomic E-state index is 13.0. The summed E-state index contributed by atoms with van der Waals surface area (Å²) in [4.78, 5) is 31.2. The minimum Gasteiger partial charge on any atom is -0.441 e. The summed E-state index contributed by atoms with van der Waals surface area (Å²) in [5.74, 6) is 0.190. The number of hydrogen-bond acceptors (Lipinski definition) is 6. The fourth-order valence-corrected chi connectivity index (χ4v) is 3.63. The van der Waals surface area contributed by atoms with Gasteiger partial charge in [0.1, 0.15) is 11.3 Å². The van der Waals surface area contributed by atoms with Crippen LogP contribution in [0.2, 0.25) is 0 Å². The molecule has 1 aromatic carbocycles. The fourth-order valence-electron chi connectivity index (χ4n) is 3.34. The van der Waals surface area contributed by atoms with Gasteiger partial charge in [-0.2, -0.15) is 0 Å². The van der Waals surface area contributed by atoms with Gasteiger partial charge >= 0.3 is 0 Å². The number of piperazine rings is 1. The molecule has 2 aliphatic rings. The number of aryl methyl sites for hydroxylation is 1. The lowest BCUT2D eigenvalue weighted by Crippen LogP contribution is -2.54. The zero-order valence-electron chi connectivity index (χ0n) is 16.8. The monoisotopic (exact) mass is 446 g/mol. The molecule has 0 spiro atoms. The van der Waals surface area contributed by atoms with Crippen molar-refractivity contribution in [3.05, 3.63) is 53.3 Å². The third-order valence-electron chi connectivity index (χ3n) is 5.11. The van der Waals surface area contributed by atoms with Crippen molar-refractivity contribution in [3.8, 4) is 0 Å². The van der Waals surface area contributed by atoms with E-state index >= 15 is 0 Å². The Morgan fingerprint density at radius 3 is 2.37 bits per heavy atom. The van der Waals surface area contributed by atoms with Crippen LogP contribution in [0.15, 0.2) is 46.4 Å². The quantitative estimate of drug-likeness (QED) is 0.444. The number of thiocarbonyl (C=S) groups is 1. The summed E-state index contributed by atoms with van der Waals surface area (Å²) >= 11 is 5.22. The molecule has 2 fully saturated rings. The van der Waals surface area contributed by atoms with Crippen LogP contribution in [0, 0.1) is 6.92 Å². The molecule has 7 nitrogen and oxygen atoms in total. The number of benzene rings is 1. The molecule has 3 heterocycles. The number of carbonyl (C=O) groups is 2. The predicted octanol–water partition coefficient (Wildman–Crippen LogP) is 2.59. The van der Waals surface area contributed by atoms with Gasteiger partial charge in [0.05, 0.1) is 5.69 Å². The SMILES string of the molecule is Cc1ccc(N2C(=O)C(=Cc3ccc(N4CCN(C)CC4)o3)C(=O)NC2=S)cc1.Cl. The molecule has 0 aliphatic carbocycles. The summed E-state index contributed by atoms with van der Waals surface area (Å²) in [7, 11) is 2.09. The van der Waals surface area contributed by atoms with Gasteiger partial charge in [0.15, 0.2) is 11.0 Å². The molecule has 0 atom stereocenters. The lowest BCUT2D eigenvalue weighted by Gasteiger charge is -2.32. The lowest BCUT2D eigenvalue weighted by atomic mass is 10.1. The van der Waals surface area contributed by atoms with E-state index in [0.717, 1.165) is 37.6 Å². The van der Waals surface area contributed by atoms with Crippen molar-refractivity contribution in [3.63, 3.8) is 0 Å². The van der Waals surface area contributed by atoms with Crippen LogP contribution in [0.3, 0.4) is 0 Å². The summed E-state index contributed by atoms with van der Waals surface area (Å²) in [5.41, 5.74) is 1.66. The molecule has 0 bridgehead atoms. The number of nitrogens with zero attached hydrogens (tertiary/aromatic N) is 3. The van der Waals surface area contributed by atoms with Crippen LogP contribution in [0.25, 0.3) is 6.08 Å². The zero-order valence-corrected chi connectivity index (χ0v) is 18.4. The first-order chi connectivity index (χ1) is 13.9. The minimum absolute atomic E-state index is 0. The van der Waals surface area contributed by atoms with E-state index in [0.29, 0.717) is 11.4 Å². The summed E-state index contributed by atoms with van der Waals surface area (Å²) in [5, 5.41) is 2.66. The van der Waals surface area contributed by atoms with Crippen LogP contribution in [-0.2, 0) is 9.59 Å². The fraction of sp³-hybridized carbons (Fsp3) is 0.286. The molecule has 2 aromatic rings. The summed E-state index contributed by atoms with van der Waals surface area (Å²) in [6.45, 7) is 5.62. The minimum atomic E-state index is -0.527. The van der Waals surface area contributed by atoms with Gasteiger partial charge in [-0.25, -0.2) is 0 Å². The Kier molecular flexibility index (Phi) is 6.60. The molecule has 2 saturated heterocycles. The van der Waals surface area contributed by atoms with Crippen LogP contribution in [0.4, 0.5) is 11.6 Å². The van der Waals surface area contributed by atoms with Gasteiger partial charge < -0.3 is 14.2 Å². The van der Waals surface area contributed by atoms with Crippen LogP contribution in [0.1, 0.15) is 11.3 Å². The Balaban J connectivity index is 0.00000256. The van der Waals surface area contributed by atoms with Crippen molar-refractivity contribution in [1.29, 1.82) is 0 Å². The van der Waals surface area contributed by atoms with Gasteiger partial charge in [0.2, 0.25) is 0 Å². The predicted molar refractivity (Wildman–Crippen MR) is 123 cm³/mol. The number of rotatable bonds is 3. The molecule has 1 N–H and O–H groups in total. The standard InChI is InChI=1S/C21H22N4O3S.ClH/c1-14-3-5-15(6-4-14)25-20(27)17(19(26)22-21(25)29)13-16-7-8-18(28-16)24-11-9-23(2)10-12-24;/h3-8,13H,9-12H2,1-2H3,(H,22,26,29);1H. The molecule has 0 saturated carbocycles. The molecule has 0 unspecified atom stereocenters. The molecule has 1 aromatic heterocycles. The van der Waals surface area contributed by atoms with E-state index < -0.39 is 11.8 Å². The molecular formula is C21H23ClN4O3S. The van der Waals surface area contributed by atoms with E-state index in [-0.39, 0.29) is 23.1 Å². The highest BCUT2D eigenvalue weighted by atomic mass is 35.5. The molecule has 2 amide bonds. The van der Waals surface area contributed by atoms with Crippen LogP contribution < -0.4 is 15.1 Å². The van der Waals surface area contributed by atoms with E-state index in [9.17, 15) is 9.59 Å². The van der Waals surface area contributed by atoms with Crippen LogP contribution in [0.5, 0.6) is 0 Å². The van der Waals surface area contributed by atoms with Crippen molar-refractivity contribution in [1.82, 2.24) is 10.2 Å². The number of likely N-dealkylation sites (N-methyl/N-ethyl adjacent to an activating group) is 1. The Bertz CT molecular complexity index is 994. The summed E-state index contributed by atoms with van der Waals surface area (Å²) < 4.78 is 5.89. The number of nitrogens with one attached hydrogen (secondary N) is 1. The highest BCUT2D eigenvalue weighted by Crippen LogP contribution is 2.25. The van der Waals surface area contributed by atoms with Gasteiger partial charge in [-0.3, -0.25) is 19.8 Å². The second kappa shape index (κ2) is 8.99. The van der Waals surface area contributed by atoms with Crippen molar-refractivity contribution in [2.45, 2.75) is 6.92 Å². The van der Waals surface area contributed by atoms with E-state index in [4.69, 9.17) is 16.6 Å². The van der Waals surface area contributed by atoms with E-state index in [1.54, 1.807) is 18.2 Å². The van der Waals surface area contributed by atoms with Crippen LogP contribution >= 0.6 is 24.6 Å². The molecule has 0 radical (unpaired) electrons. The Morgan fingerprint density at radius 1 is 1.03 bits per heavy atom. The van der Waals surface area contributed by atoms with Crippen molar-refractivity contribution >= 4 is 59.2 Å². The smallest absolute Gasteiger partial charge is 0.270 e. The largest absolute Gasteiger partial charge is 0.441 e. The van der Waals surface area contributed by atoms with Gasteiger partial charge in [-0.1, -0.05) is 17.7 Å². The third kappa shape index (κ3) is 4.40. The highest BCUT2D eigenvalue weighted by Gasteiger charge is 2.34. The number of halogens is 1. The number of hydrogen-bond donors (Lipinski definition) is 1. The maximum Gasteiger partial charge on any atom is 0.270 e. The zero-order chi connectivity index (χ0) is 20.5. The molecule has 9 heteroatoms. The Labute approximate surface area is 186 Å². The third-order valence-corrected chi connectivity index (χ3v) is 5.39. The number of anilines is 2. The maximum absolute atomic E-state index is 13.0. The van der Waals surface area contributed by atoms with Crippen LogP contribution in [-0.4, -0.2) is 55.1 Å². The normalized spacial score (nSPS) is 19.1. The topological polar surface area (TPSA) is 69.0 Å². The van der Waals surface area contributed by atoms with E-state index in [1.807, 2.05) is 25.1 Å². The summed E-state index contributed by atoms with van der Waals surface area (Å²) in [6.07, 6.45) is 1.47. The molecule has 4 rings (SSSR count). The summed E-state index contributed by atoms with van der Waals surface area (Å²) in [6, 6.07) is 11.0. The number of amides is 2.